The summed E-state index contributed by atoms with van der Waals surface area (Å²) in [7, 11) is 0. The zero-order valence-corrected chi connectivity index (χ0v) is 13.5. The summed E-state index contributed by atoms with van der Waals surface area (Å²) in [6, 6.07) is 11.1. The van der Waals surface area contributed by atoms with E-state index in [1.165, 1.54) is 74.4 Å². The molecule has 0 bridgehead atoms. The van der Waals surface area contributed by atoms with Crippen LogP contribution in [0.25, 0.3) is 10.9 Å². The minimum Gasteiger partial charge on any atom is -0.343 e. The third-order valence-electron chi connectivity index (χ3n) is 4.98. The highest BCUT2D eigenvalue weighted by molar-refractivity contribution is 5.85. The van der Waals surface area contributed by atoms with E-state index in [9.17, 15) is 0 Å². The molecule has 2 nitrogen and oxygen atoms in total. The van der Waals surface area contributed by atoms with E-state index in [4.69, 9.17) is 5.26 Å². The predicted octanol–water partition coefficient (Wildman–Crippen LogP) is 5.38. The van der Waals surface area contributed by atoms with Gasteiger partial charge < -0.3 is 4.57 Å². The molecule has 0 fully saturated rings. The molecule has 0 saturated carbocycles. The van der Waals surface area contributed by atoms with Gasteiger partial charge in [0.1, 0.15) is 0 Å². The molecule has 1 heterocycles. The zero-order valence-electron chi connectivity index (χ0n) is 13.5. The Bertz CT molecular complexity index is 660. The monoisotopic (exact) mass is 294 g/mol. The van der Waals surface area contributed by atoms with Crippen LogP contribution in [0.3, 0.4) is 0 Å². The van der Waals surface area contributed by atoms with Crippen molar-refractivity contribution in [2.75, 3.05) is 0 Å². The normalized spacial score (nSPS) is 16.7. The molecule has 2 aromatic rings. The molecule has 0 amide bonds. The van der Waals surface area contributed by atoms with Gasteiger partial charge in [0.05, 0.1) is 12.5 Å². The van der Waals surface area contributed by atoms with Gasteiger partial charge in [0.15, 0.2) is 0 Å². The predicted molar refractivity (Wildman–Crippen MR) is 91.9 cm³/mol. The van der Waals surface area contributed by atoms with Gasteiger partial charge >= 0.3 is 0 Å². The van der Waals surface area contributed by atoms with Crippen molar-refractivity contribution in [1.82, 2.24) is 4.57 Å². The lowest BCUT2D eigenvalue weighted by Crippen LogP contribution is -2.05. The largest absolute Gasteiger partial charge is 0.343 e. The molecule has 3 rings (SSSR count). The van der Waals surface area contributed by atoms with Crippen molar-refractivity contribution in [3.05, 3.63) is 35.5 Å². The molecule has 0 N–H and O–H groups in total. The van der Waals surface area contributed by atoms with Gasteiger partial charge in [-0.15, -0.1) is 0 Å². The van der Waals surface area contributed by atoms with Crippen LogP contribution in [0.5, 0.6) is 0 Å². The molecular weight excluding hydrogens is 268 g/mol. The summed E-state index contributed by atoms with van der Waals surface area (Å²) in [6.45, 7) is 0.840. The number of aryl methyl sites for hydroxylation is 2. The van der Waals surface area contributed by atoms with Gasteiger partial charge in [-0.2, -0.15) is 5.26 Å². The van der Waals surface area contributed by atoms with Crippen molar-refractivity contribution in [3.8, 4) is 6.07 Å². The smallest absolute Gasteiger partial charge is 0.0640 e. The van der Waals surface area contributed by atoms with E-state index >= 15 is 0 Å². The SMILES string of the molecule is N#CCCn1c2c(c3ccccc31)CCCCCCCCC2. The first-order chi connectivity index (χ1) is 10.9. The Morgan fingerprint density at radius 1 is 0.909 bits per heavy atom. The van der Waals surface area contributed by atoms with Crippen molar-refractivity contribution >= 4 is 10.9 Å². The number of hydrogen-bond acceptors (Lipinski definition) is 1. The van der Waals surface area contributed by atoms with Crippen molar-refractivity contribution in [2.45, 2.75) is 70.8 Å². The number of hydrogen-bond donors (Lipinski definition) is 0. The number of nitrogens with zero attached hydrogens (tertiary/aromatic N) is 2. The minimum absolute atomic E-state index is 0.602. The lowest BCUT2D eigenvalue weighted by molar-refractivity contribution is 0.583. The van der Waals surface area contributed by atoms with Gasteiger partial charge in [0.25, 0.3) is 0 Å². The van der Waals surface area contributed by atoms with E-state index in [0.717, 1.165) is 6.54 Å². The van der Waals surface area contributed by atoms with Crippen molar-refractivity contribution in [2.24, 2.45) is 0 Å². The maximum atomic E-state index is 9.00. The van der Waals surface area contributed by atoms with E-state index in [1.54, 1.807) is 5.56 Å². The van der Waals surface area contributed by atoms with Crippen LogP contribution in [0.15, 0.2) is 24.3 Å². The molecule has 0 aliphatic heterocycles. The van der Waals surface area contributed by atoms with Gasteiger partial charge in [-0.05, 0) is 37.3 Å². The van der Waals surface area contributed by atoms with E-state index in [1.807, 2.05) is 0 Å². The Morgan fingerprint density at radius 2 is 1.59 bits per heavy atom. The quantitative estimate of drug-likeness (QED) is 0.730. The fourth-order valence-electron chi connectivity index (χ4n) is 3.89. The Balaban J connectivity index is 2.03. The van der Waals surface area contributed by atoms with Crippen LogP contribution < -0.4 is 0 Å². The fraction of sp³-hybridized carbons (Fsp3) is 0.550. The number of para-hydroxylation sites is 1. The summed E-state index contributed by atoms with van der Waals surface area (Å²) >= 11 is 0. The first-order valence-corrected chi connectivity index (χ1v) is 8.88. The molecule has 0 unspecified atom stereocenters. The highest BCUT2D eigenvalue weighted by Crippen LogP contribution is 2.30. The second kappa shape index (κ2) is 7.49. The summed E-state index contributed by atoms with van der Waals surface area (Å²) in [5, 5.41) is 10.4. The molecule has 1 aromatic heterocycles. The van der Waals surface area contributed by atoms with Gasteiger partial charge in [-0.1, -0.05) is 50.3 Å². The first-order valence-electron chi connectivity index (χ1n) is 8.88. The van der Waals surface area contributed by atoms with Crippen molar-refractivity contribution in [3.63, 3.8) is 0 Å². The molecule has 116 valence electrons. The number of rotatable bonds is 2. The van der Waals surface area contributed by atoms with Crippen LogP contribution in [0.1, 0.15) is 62.6 Å². The van der Waals surface area contributed by atoms with E-state index < -0.39 is 0 Å². The summed E-state index contributed by atoms with van der Waals surface area (Å²) in [5.74, 6) is 0. The average Bonchev–Trinajstić information content (AvgIpc) is 2.81. The number of aromatic nitrogens is 1. The maximum Gasteiger partial charge on any atom is 0.0640 e. The highest BCUT2D eigenvalue weighted by atomic mass is 15.0. The summed E-state index contributed by atoms with van der Waals surface area (Å²) in [4.78, 5) is 0. The second-order valence-electron chi connectivity index (χ2n) is 6.48. The molecule has 2 heteroatoms. The minimum atomic E-state index is 0.602. The van der Waals surface area contributed by atoms with Gasteiger partial charge in [-0.3, -0.25) is 0 Å². The van der Waals surface area contributed by atoms with E-state index in [2.05, 4.69) is 34.9 Å². The third kappa shape index (κ3) is 3.19. The topological polar surface area (TPSA) is 28.7 Å². The summed E-state index contributed by atoms with van der Waals surface area (Å²) < 4.78 is 2.44. The van der Waals surface area contributed by atoms with Crippen LogP contribution in [0.4, 0.5) is 0 Å². The lowest BCUT2D eigenvalue weighted by Gasteiger charge is -2.11. The second-order valence-corrected chi connectivity index (χ2v) is 6.48. The van der Waals surface area contributed by atoms with E-state index in [0.29, 0.717) is 6.42 Å². The molecule has 0 spiro atoms. The van der Waals surface area contributed by atoms with Crippen LogP contribution in [0.2, 0.25) is 0 Å². The lowest BCUT2D eigenvalue weighted by atomic mass is 10.0. The summed E-state index contributed by atoms with van der Waals surface area (Å²) in [5.41, 5.74) is 4.41. The first kappa shape index (κ1) is 15.2. The number of nitriles is 1. The number of benzene rings is 1. The number of fused-ring (bicyclic) bond motifs is 3. The third-order valence-corrected chi connectivity index (χ3v) is 4.98. The molecule has 0 saturated heterocycles. The molecule has 0 radical (unpaired) electrons. The molecule has 1 aliphatic rings. The van der Waals surface area contributed by atoms with Gasteiger partial charge in [-0.25, -0.2) is 0 Å². The Morgan fingerprint density at radius 3 is 2.36 bits per heavy atom. The van der Waals surface area contributed by atoms with Crippen LogP contribution in [-0.4, -0.2) is 4.57 Å². The Kier molecular flexibility index (Phi) is 5.16. The standard InChI is InChI=1S/C20H26N2/c21-15-10-16-22-19-13-7-5-3-1-2-4-6-11-17(19)18-12-8-9-14-20(18)22/h8-9,12,14H,1-7,10-11,13,16H2. The Labute approximate surface area is 133 Å². The summed E-state index contributed by atoms with van der Waals surface area (Å²) in [6.07, 6.45) is 12.5. The maximum absolute atomic E-state index is 9.00. The Hall–Kier alpha value is -1.75. The van der Waals surface area contributed by atoms with Gasteiger partial charge in [0.2, 0.25) is 0 Å². The molecule has 0 atom stereocenters. The van der Waals surface area contributed by atoms with Crippen molar-refractivity contribution in [1.29, 1.82) is 5.26 Å². The highest BCUT2D eigenvalue weighted by Gasteiger charge is 2.16. The van der Waals surface area contributed by atoms with Crippen LogP contribution >= 0.6 is 0 Å². The van der Waals surface area contributed by atoms with Crippen LogP contribution in [-0.2, 0) is 19.4 Å². The fourth-order valence-corrected chi connectivity index (χ4v) is 3.89. The van der Waals surface area contributed by atoms with E-state index in [-0.39, 0.29) is 0 Å². The average molecular weight is 294 g/mol. The molecular formula is C20H26N2. The van der Waals surface area contributed by atoms with Crippen molar-refractivity contribution < 1.29 is 0 Å². The van der Waals surface area contributed by atoms with Crippen LogP contribution in [0, 0.1) is 11.3 Å². The van der Waals surface area contributed by atoms with Gasteiger partial charge in [0, 0.05) is 23.1 Å². The zero-order chi connectivity index (χ0) is 15.2. The molecule has 1 aliphatic carbocycles. The molecule has 1 aromatic carbocycles. The molecule has 22 heavy (non-hydrogen) atoms.